The second-order valence-corrected chi connectivity index (χ2v) is 6.30. The predicted molar refractivity (Wildman–Crippen MR) is 87.8 cm³/mol. The van der Waals surface area contributed by atoms with Crippen molar-refractivity contribution < 1.29 is 19.2 Å². The predicted octanol–water partition coefficient (Wildman–Crippen LogP) is 1.34. The monoisotopic (exact) mass is 333 g/mol. The summed E-state index contributed by atoms with van der Waals surface area (Å²) in [7, 11) is 1.39. The molecular weight excluding hydrogens is 310 g/mol. The van der Waals surface area contributed by atoms with E-state index in [0.29, 0.717) is 19.3 Å². The molecule has 2 rings (SSSR count). The number of hydrogen-bond acceptors (Lipinski definition) is 4. The van der Waals surface area contributed by atoms with Crippen molar-refractivity contribution in [3.63, 3.8) is 0 Å². The van der Waals surface area contributed by atoms with Crippen LogP contribution in [0, 0.1) is 0 Å². The number of nitrogens with one attached hydrogen (secondary N) is 1. The molecule has 4 amide bonds. The van der Waals surface area contributed by atoms with Crippen LogP contribution in [-0.2, 0) is 20.8 Å². The highest BCUT2D eigenvalue weighted by Gasteiger charge is 2.45. The summed E-state index contributed by atoms with van der Waals surface area (Å²) >= 11 is 0. The van der Waals surface area contributed by atoms with Gasteiger partial charge in [-0.3, -0.25) is 19.3 Å². The molecule has 1 aromatic rings. The van der Waals surface area contributed by atoms with Gasteiger partial charge >= 0.3 is 6.03 Å². The number of carbonyl (C=O) groups is 3. The first-order valence-electron chi connectivity index (χ1n) is 7.85. The van der Waals surface area contributed by atoms with Gasteiger partial charge in [-0.05, 0) is 32.3 Å². The molecule has 0 aliphatic carbocycles. The molecule has 0 aromatic heterocycles. The number of carbonyl (C=O) groups excluding carboxylic acids is 3. The lowest BCUT2D eigenvalue weighted by atomic mass is 10.0. The van der Waals surface area contributed by atoms with E-state index in [4.69, 9.17) is 4.84 Å². The first-order chi connectivity index (χ1) is 11.4. The summed E-state index contributed by atoms with van der Waals surface area (Å²) in [5.74, 6) is -0.306. The van der Waals surface area contributed by atoms with Gasteiger partial charge in [-0.25, -0.2) is 9.86 Å². The molecular formula is C17H23N3O4. The van der Waals surface area contributed by atoms with Gasteiger partial charge in [0.1, 0.15) is 5.54 Å². The van der Waals surface area contributed by atoms with Gasteiger partial charge in [0.05, 0.1) is 19.7 Å². The van der Waals surface area contributed by atoms with Gasteiger partial charge in [-0.2, -0.15) is 0 Å². The van der Waals surface area contributed by atoms with E-state index in [2.05, 4.69) is 5.32 Å². The van der Waals surface area contributed by atoms with Crippen LogP contribution >= 0.6 is 0 Å². The van der Waals surface area contributed by atoms with E-state index >= 15 is 0 Å². The third-order valence-corrected chi connectivity index (χ3v) is 4.12. The first-order valence-corrected chi connectivity index (χ1v) is 7.85. The van der Waals surface area contributed by atoms with Gasteiger partial charge in [0.2, 0.25) is 6.41 Å². The molecule has 7 heteroatoms. The van der Waals surface area contributed by atoms with E-state index in [1.54, 1.807) is 13.8 Å². The first kappa shape index (κ1) is 17.9. The number of hydrogen-bond donors (Lipinski definition) is 1. The zero-order chi connectivity index (χ0) is 17.7. The highest BCUT2D eigenvalue weighted by molar-refractivity contribution is 6.06. The van der Waals surface area contributed by atoms with Crippen LogP contribution < -0.4 is 5.32 Å². The average molecular weight is 333 g/mol. The van der Waals surface area contributed by atoms with Crippen molar-refractivity contribution in [2.75, 3.05) is 13.7 Å². The molecule has 1 aromatic carbocycles. The normalized spacial score (nSPS) is 17.5. The van der Waals surface area contributed by atoms with E-state index in [0.717, 1.165) is 15.5 Å². The number of urea groups is 1. The fourth-order valence-corrected chi connectivity index (χ4v) is 2.75. The fourth-order valence-electron chi connectivity index (χ4n) is 2.75. The minimum Gasteiger partial charge on any atom is -0.324 e. The summed E-state index contributed by atoms with van der Waals surface area (Å²) < 4.78 is 0. The molecule has 0 bridgehead atoms. The van der Waals surface area contributed by atoms with Gasteiger partial charge in [0.15, 0.2) is 0 Å². The van der Waals surface area contributed by atoms with Crippen LogP contribution in [0.5, 0.6) is 0 Å². The average Bonchev–Trinajstić information content (AvgIpc) is 2.76. The van der Waals surface area contributed by atoms with E-state index in [1.807, 2.05) is 30.3 Å². The lowest BCUT2D eigenvalue weighted by Gasteiger charge is -2.29. The summed E-state index contributed by atoms with van der Waals surface area (Å²) in [6, 6.07) is 8.94. The Morgan fingerprint density at radius 1 is 1.29 bits per heavy atom. The van der Waals surface area contributed by atoms with Crippen molar-refractivity contribution in [2.45, 2.75) is 38.3 Å². The maximum atomic E-state index is 12.3. The smallest absolute Gasteiger partial charge is 0.324 e. The number of nitrogens with zero attached hydrogens (tertiary/aromatic N) is 2. The molecule has 7 nitrogen and oxygen atoms in total. The molecule has 0 saturated carbocycles. The molecule has 1 heterocycles. The Labute approximate surface area is 141 Å². The van der Waals surface area contributed by atoms with Crippen LogP contribution in [0.2, 0.25) is 0 Å². The minimum absolute atomic E-state index is 0.0908. The Balaban J connectivity index is 2.10. The molecule has 1 fully saturated rings. The summed E-state index contributed by atoms with van der Waals surface area (Å²) in [6.07, 6.45) is 1.83. The van der Waals surface area contributed by atoms with Crippen molar-refractivity contribution in [3.05, 3.63) is 35.9 Å². The van der Waals surface area contributed by atoms with Gasteiger partial charge in [-0.1, -0.05) is 30.3 Å². The third kappa shape index (κ3) is 3.91. The van der Waals surface area contributed by atoms with E-state index in [9.17, 15) is 14.4 Å². The summed E-state index contributed by atoms with van der Waals surface area (Å²) in [6.45, 7) is 3.40. The summed E-state index contributed by atoms with van der Waals surface area (Å²) in [5.41, 5.74) is 0.183. The zero-order valence-corrected chi connectivity index (χ0v) is 14.2. The third-order valence-electron chi connectivity index (χ3n) is 4.12. The van der Waals surface area contributed by atoms with E-state index < -0.39 is 17.6 Å². The molecule has 1 atom stereocenters. The molecule has 130 valence electrons. The molecule has 0 spiro atoms. The number of amides is 4. The van der Waals surface area contributed by atoms with Crippen LogP contribution in [0.25, 0.3) is 0 Å². The standard InChI is InChI=1S/C17H23N3O4/c1-17(2)15(22)19(16(23)18-17)11-14(20(12-21)24-3)10-9-13-7-5-4-6-8-13/h4-8,12,14H,9-11H2,1-3H3,(H,18,23). The van der Waals surface area contributed by atoms with Gasteiger partial charge in [-0.15, -0.1) is 0 Å². The van der Waals surface area contributed by atoms with Crippen LogP contribution in [0.3, 0.4) is 0 Å². The van der Waals surface area contributed by atoms with Crippen LogP contribution in [0.1, 0.15) is 25.8 Å². The van der Waals surface area contributed by atoms with Gasteiger partial charge < -0.3 is 5.32 Å². The summed E-state index contributed by atoms with van der Waals surface area (Å²) in [4.78, 5) is 41.9. The highest BCUT2D eigenvalue weighted by Crippen LogP contribution is 2.19. The fraction of sp³-hybridized carbons (Fsp3) is 0.471. The van der Waals surface area contributed by atoms with Crippen LogP contribution in [0.4, 0.5) is 4.79 Å². The quantitative estimate of drug-likeness (QED) is 0.442. The lowest BCUT2D eigenvalue weighted by molar-refractivity contribution is -0.176. The van der Waals surface area contributed by atoms with Crippen molar-refractivity contribution >= 4 is 18.3 Å². The Morgan fingerprint density at radius 3 is 2.46 bits per heavy atom. The molecule has 0 radical (unpaired) electrons. The lowest BCUT2D eigenvalue weighted by Crippen LogP contribution is -2.46. The number of rotatable bonds is 8. The number of hydroxylamine groups is 2. The molecule has 1 aliphatic heterocycles. The molecule has 1 aliphatic rings. The Bertz CT molecular complexity index is 603. The zero-order valence-electron chi connectivity index (χ0n) is 14.2. The van der Waals surface area contributed by atoms with E-state index in [1.165, 1.54) is 7.11 Å². The Kier molecular flexibility index (Phi) is 5.56. The van der Waals surface area contributed by atoms with Crippen LogP contribution in [0.15, 0.2) is 30.3 Å². The maximum Gasteiger partial charge on any atom is 0.325 e. The maximum absolute atomic E-state index is 12.3. The van der Waals surface area contributed by atoms with Crippen molar-refractivity contribution in [2.24, 2.45) is 0 Å². The Morgan fingerprint density at radius 2 is 1.96 bits per heavy atom. The van der Waals surface area contributed by atoms with Crippen molar-refractivity contribution in [1.29, 1.82) is 0 Å². The Hall–Kier alpha value is -2.41. The second kappa shape index (κ2) is 7.44. The van der Waals surface area contributed by atoms with Crippen molar-refractivity contribution in [1.82, 2.24) is 15.3 Å². The molecule has 1 N–H and O–H groups in total. The van der Waals surface area contributed by atoms with Gasteiger partial charge in [0, 0.05) is 0 Å². The largest absolute Gasteiger partial charge is 0.325 e. The van der Waals surface area contributed by atoms with E-state index in [-0.39, 0.29) is 12.5 Å². The SMILES string of the molecule is CON(C=O)C(CCc1ccccc1)CN1C(=O)NC(C)(C)C1=O. The molecule has 24 heavy (non-hydrogen) atoms. The van der Waals surface area contributed by atoms with Gasteiger partial charge in [0.25, 0.3) is 5.91 Å². The number of imide groups is 1. The second-order valence-electron chi connectivity index (χ2n) is 6.30. The molecule has 1 saturated heterocycles. The molecule has 1 unspecified atom stereocenters. The highest BCUT2D eigenvalue weighted by atomic mass is 16.7. The summed E-state index contributed by atoms with van der Waals surface area (Å²) in [5, 5.41) is 3.78. The number of aryl methyl sites for hydroxylation is 1. The van der Waals surface area contributed by atoms with Crippen LogP contribution in [-0.4, -0.2) is 53.5 Å². The van der Waals surface area contributed by atoms with Crippen molar-refractivity contribution in [3.8, 4) is 0 Å². The minimum atomic E-state index is -0.930. The topological polar surface area (TPSA) is 79.0 Å². The number of benzene rings is 1.